The highest BCUT2D eigenvalue weighted by Crippen LogP contribution is 2.36. The van der Waals surface area contributed by atoms with Crippen LogP contribution in [0.5, 0.6) is 0 Å². The van der Waals surface area contributed by atoms with Crippen LogP contribution in [0.25, 0.3) is 0 Å². The molecule has 3 heteroatoms. The normalized spacial score (nSPS) is 10.6. The lowest BCUT2D eigenvalue weighted by atomic mass is 10.2. The standard InChI is InChI=1S/C8H4Br2N/c9-8(10,6-11)7-4-2-1-3-5-7/h1-4H. The van der Waals surface area contributed by atoms with Crippen LogP contribution in [0.15, 0.2) is 24.3 Å². The molecule has 0 spiro atoms. The van der Waals surface area contributed by atoms with E-state index in [4.69, 9.17) is 5.26 Å². The van der Waals surface area contributed by atoms with E-state index in [1.807, 2.05) is 18.2 Å². The fourth-order valence-electron chi connectivity index (χ4n) is 0.649. The fourth-order valence-corrected chi connectivity index (χ4v) is 1.14. The smallest absolute Gasteiger partial charge is 0.191 e. The van der Waals surface area contributed by atoms with Gasteiger partial charge in [-0.3, -0.25) is 0 Å². The maximum absolute atomic E-state index is 8.68. The first-order valence-electron chi connectivity index (χ1n) is 2.93. The highest BCUT2D eigenvalue weighted by Gasteiger charge is 2.23. The summed E-state index contributed by atoms with van der Waals surface area (Å²) in [7, 11) is 0. The second-order valence-electron chi connectivity index (χ2n) is 1.96. The summed E-state index contributed by atoms with van der Waals surface area (Å²) in [5.41, 5.74) is 0.780. The Morgan fingerprint density at radius 3 is 2.64 bits per heavy atom. The SMILES string of the molecule is N#CC(Br)(Br)c1[c]cccc1. The second kappa shape index (κ2) is 3.38. The van der Waals surface area contributed by atoms with E-state index in [0.717, 1.165) is 5.56 Å². The molecular formula is C8H4Br2N. The highest BCUT2D eigenvalue weighted by molar-refractivity contribution is 9.25. The lowest BCUT2D eigenvalue weighted by Gasteiger charge is -2.09. The molecule has 0 saturated heterocycles. The first-order valence-corrected chi connectivity index (χ1v) is 4.51. The Morgan fingerprint density at radius 1 is 1.45 bits per heavy atom. The minimum Gasteiger partial charge on any atom is -0.195 e. The van der Waals surface area contributed by atoms with Crippen LogP contribution in [-0.2, 0) is 3.23 Å². The molecular weight excluding hydrogens is 270 g/mol. The van der Waals surface area contributed by atoms with Gasteiger partial charge in [0.2, 0.25) is 0 Å². The van der Waals surface area contributed by atoms with Gasteiger partial charge in [-0.05, 0) is 6.07 Å². The molecule has 55 valence electrons. The van der Waals surface area contributed by atoms with Gasteiger partial charge in [0, 0.05) is 5.56 Å². The molecule has 1 nitrogen and oxygen atoms in total. The zero-order valence-electron chi connectivity index (χ0n) is 5.51. The molecule has 0 amide bonds. The molecule has 0 aliphatic rings. The molecule has 0 aliphatic heterocycles. The highest BCUT2D eigenvalue weighted by atomic mass is 79.9. The van der Waals surface area contributed by atoms with E-state index in [-0.39, 0.29) is 0 Å². The molecule has 0 unspecified atom stereocenters. The van der Waals surface area contributed by atoms with Crippen molar-refractivity contribution in [2.45, 2.75) is 3.23 Å². The molecule has 0 N–H and O–H groups in total. The van der Waals surface area contributed by atoms with Crippen LogP contribution < -0.4 is 0 Å². The average molecular weight is 274 g/mol. The number of alkyl halides is 2. The summed E-state index contributed by atoms with van der Waals surface area (Å²) in [6.45, 7) is 0. The molecule has 11 heavy (non-hydrogen) atoms. The van der Waals surface area contributed by atoms with Gasteiger partial charge in [-0.25, -0.2) is 0 Å². The zero-order valence-corrected chi connectivity index (χ0v) is 8.68. The Kier molecular flexibility index (Phi) is 2.69. The Bertz CT molecular complexity index is 274. The van der Waals surface area contributed by atoms with Crippen LogP contribution in [0.4, 0.5) is 0 Å². The zero-order chi connectivity index (χ0) is 8.32. The van der Waals surface area contributed by atoms with Gasteiger partial charge in [0.15, 0.2) is 3.23 Å². The van der Waals surface area contributed by atoms with Crippen molar-refractivity contribution in [1.29, 1.82) is 5.26 Å². The molecule has 0 aliphatic carbocycles. The molecule has 0 atom stereocenters. The Morgan fingerprint density at radius 2 is 2.18 bits per heavy atom. The summed E-state index contributed by atoms with van der Waals surface area (Å²) < 4.78 is -0.790. The molecule has 1 aromatic rings. The average Bonchev–Trinajstić information content (AvgIpc) is 2.06. The Labute approximate surface area is 82.3 Å². The molecule has 0 saturated carbocycles. The first kappa shape index (κ1) is 8.76. The van der Waals surface area contributed by atoms with Crippen LogP contribution in [-0.4, -0.2) is 0 Å². The number of nitrogens with zero attached hydrogens (tertiary/aromatic N) is 1. The van der Waals surface area contributed by atoms with Crippen molar-refractivity contribution in [3.63, 3.8) is 0 Å². The number of benzene rings is 1. The number of hydrogen-bond donors (Lipinski definition) is 0. The molecule has 1 radical (unpaired) electrons. The molecule has 0 bridgehead atoms. The van der Waals surface area contributed by atoms with Gasteiger partial charge in [-0.1, -0.05) is 56.1 Å². The summed E-state index contributed by atoms with van der Waals surface area (Å²) in [6.07, 6.45) is 0. The van der Waals surface area contributed by atoms with Gasteiger partial charge >= 0.3 is 0 Å². The summed E-state index contributed by atoms with van der Waals surface area (Å²) >= 11 is 6.43. The van der Waals surface area contributed by atoms with Crippen molar-refractivity contribution >= 4 is 31.9 Å². The topological polar surface area (TPSA) is 23.8 Å². The van der Waals surface area contributed by atoms with Crippen molar-refractivity contribution < 1.29 is 0 Å². The summed E-state index contributed by atoms with van der Waals surface area (Å²) in [5, 5.41) is 8.68. The maximum atomic E-state index is 8.68. The van der Waals surface area contributed by atoms with E-state index in [1.54, 1.807) is 6.07 Å². The third-order valence-electron chi connectivity index (χ3n) is 1.19. The van der Waals surface area contributed by atoms with Crippen LogP contribution in [0.2, 0.25) is 0 Å². The molecule has 0 aromatic heterocycles. The molecule has 0 heterocycles. The predicted octanol–water partition coefficient (Wildman–Crippen LogP) is 2.95. The number of nitriles is 1. The van der Waals surface area contributed by atoms with E-state index in [0.29, 0.717) is 0 Å². The van der Waals surface area contributed by atoms with Crippen molar-refractivity contribution in [1.82, 2.24) is 0 Å². The van der Waals surface area contributed by atoms with Crippen molar-refractivity contribution in [2.75, 3.05) is 0 Å². The van der Waals surface area contributed by atoms with Gasteiger partial charge in [0.05, 0.1) is 6.07 Å². The monoisotopic (exact) mass is 272 g/mol. The first-order chi connectivity index (χ1) is 5.17. The van der Waals surface area contributed by atoms with Crippen LogP contribution >= 0.6 is 31.9 Å². The van der Waals surface area contributed by atoms with Crippen molar-refractivity contribution in [3.05, 3.63) is 35.9 Å². The van der Waals surface area contributed by atoms with Crippen molar-refractivity contribution in [2.24, 2.45) is 0 Å². The Balaban J connectivity index is 3.05. The predicted molar refractivity (Wildman–Crippen MR) is 50.4 cm³/mol. The van der Waals surface area contributed by atoms with Crippen LogP contribution in [0.1, 0.15) is 5.56 Å². The number of halogens is 2. The van der Waals surface area contributed by atoms with Crippen molar-refractivity contribution in [3.8, 4) is 6.07 Å². The lowest BCUT2D eigenvalue weighted by molar-refractivity contribution is 1.19. The third-order valence-corrected chi connectivity index (χ3v) is 2.40. The molecule has 1 rings (SSSR count). The molecule has 0 fully saturated rings. The van der Waals surface area contributed by atoms with E-state index < -0.39 is 3.23 Å². The molecule has 1 aromatic carbocycles. The summed E-state index contributed by atoms with van der Waals surface area (Å²) in [5.74, 6) is 0. The Hall–Kier alpha value is -0.330. The maximum Gasteiger partial charge on any atom is 0.191 e. The summed E-state index contributed by atoms with van der Waals surface area (Å²) in [6, 6.07) is 12.3. The minimum absolute atomic E-state index is 0.780. The van der Waals surface area contributed by atoms with Crippen LogP contribution in [0, 0.1) is 17.4 Å². The van der Waals surface area contributed by atoms with Gasteiger partial charge in [0.1, 0.15) is 0 Å². The van der Waals surface area contributed by atoms with E-state index in [1.165, 1.54) is 0 Å². The number of hydrogen-bond acceptors (Lipinski definition) is 1. The minimum atomic E-state index is -0.790. The number of rotatable bonds is 1. The van der Waals surface area contributed by atoms with Gasteiger partial charge in [-0.15, -0.1) is 0 Å². The van der Waals surface area contributed by atoms with Crippen LogP contribution in [0.3, 0.4) is 0 Å². The van der Waals surface area contributed by atoms with Gasteiger partial charge < -0.3 is 0 Å². The largest absolute Gasteiger partial charge is 0.195 e. The van der Waals surface area contributed by atoms with Gasteiger partial charge in [-0.2, -0.15) is 5.26 Å². The lowest BCUT2D eigenvalue weighted by Crippen LogP contribution is -2.03. The third kappa shape index (κ3) is 2.05. The van der Waals surface area contributed by atoms with E-state index in [2.05, 4.69) is 44.0 Å². The fraction of sp³-hybridized carbons (Fsp3) is 0.125. The second-order valence-corrected chi connectivity index (χ2v) is 5.41. The van der Waals surface area contributed by atoms with Gasteiger partial charge in [0.25, 0.3) is 0 Å². The quantitative estimate of drug-likeness (QED) is 0.722. The van der Waals surface area contributed by atoms with E-state index >= 15 is 0 Å². The van der Waals surface area contributed by atoms with E-state index in [9.17, 15) is 0 Å². The summed E-state index contributed by atoms with van der Waals surface area (Å²) in [4.78, 5) is 0.